The van der Waals surface area contributed by atoms with Crippen molar-refractivity contribution < 1.29 is 22.6 Å². The summed E-state index contributed by atoms with van der Waals surface area (Å²) in [4.78, 5) is 0. The minimum atomic E-state index is -4.61. The number of para-hydroxylation sites is 2. The number of hydrogen-bond acceptors (Lipinski definition) is 2. The standard InChI is InChI=1S/C28H43OP.C26H47P.C7H6F3OP/c1-3-5-7-9-11-18-24-30(25-19-12-10-8-6-4-2)28-23-17-16-22-27(28)29-26-20-14-13-15-21-26;1-5-9-11-13-15-17-21-27(22-18-16-14-12-10-6-2)26-20-19-24(7-3)25(8-4)23-26;8-7(9,10)11-5-1-3-6(12)4-2-5/h13-17,20-23H,3-12,18-19,24-25H2,1-2H3;19-20,23H,5-18,21-22H2,1-4H3;1-4H,12H2. The van der Waals surface area contributed by atoms with E-state index in [4.69, 9.17) is 4.74 Å². The summed E-state index contributed by atoms with van der Waals surface area (Å²) in [6, 6.07) is 32.1. The normalized spacial score (nSPS) is 11.3. The Morgan fingerprint density at radius 1 is 0.420 bits per heavy atom. The molecule has 0 aromatic heterocycles. The van der Waals surface area contributed by atoms with Crippen molar-refractivity contribution in [3.63, 3.8) is 0 Å². The first-order valence-corrected chi connectivity index (χ1v) is 31.6. The van der Waals surface area contributed by atoms with Gasteiger partial charge in [0.05, 0.1) is 0 Å². The number of ether oxygens (including phenoxy) is 2. The first kappa shape index (κ1) is 62.7. The van der Waals surface area contributed by atoms with Crippen LogP contribution in [0.4, 0.5) is 13.2 Å². The van der Waals surface area contributed by atoms with E-state index in [0.717, 1.165) is 16.8 Å². The number of rotatable bonds is 35. The van der Waals surface area contributed by atoms with Crippen molar-refractivity contribution in [2.75, 3.05) is 24.6 Å². The second-order valence-corrected chi connectivity index (χ2v) is 24.3. The van der Waals surface area contributed by atoms with Crippen molar-refractivity contribution in [1.82, 2.24) is 0 Å². The first-order chi connectivity index (χ1) is 33.6. The predicted molar refractivity (Wildman–Crippen MR) is 307 cm³/mol. The third kappa shape index (κ3) is 30.9. The fourth-order valence-corrected chi connectivity index (χ4v) is 14.0. The van der Waals surface area contributed by atoms with Crippen molar-refractivity contribution in [2.45, 2.75) is 215 Å². The van der Waals surface area contributed by atoms with E-state index in [1.54, 1.807) is 16.4 Å². The average molecular weight is 1010 g/mol. The largest absolute Gasteiger partial charge is 0.573 e. The van der Waals surface area contributed by atoms with Gasteiger partial charge in [-0.15, -0.1) is 22.4 Å². The average Bonchev–Trinajstić information content (AvgIpc) is 3.35. The Kier molecular flexibility index (Phi) is 37.3. The van der Waals surface area contributed by atoms with Crippen molar-refractivity contribution in [2.24, 2.45) is 0 Å². The van der Waals surface area contributed by atoms with Crippen LogP contribution in [0.2, 0.25) is 0 Å². The van der Waals surface area contributed by atoms with E-state index < -0.39 is 6.36 Å². The molecule has 0 spiro atoms. The molecule has 0 radical (unpaired) electrons. The van der Waals surface area contributed by atoms with Crippen molar-refractivity contribution in [3.8, 4) is 17.2 Å². The summed E-state index contributed by atoms with van der Waals surface area (Å²) in [6.45, 7) is 13.8. The molecule has 4 rings (SSSR count). The predicted octanol–water partition coefficient (Wildman–Crippen LogP) is 20.0. The topological polar surface area (TPSA) is 18.5 Å². The lowest BCUT2D eigenvalue weighted by Crippen LogP contribution is -2.17. The zero-order chi connectivity index (χ0) is 50.2. The molecule has 0 aliphatic carbocycles. The van der Waals surface area contributed by atoms with Crippen molar-refractivity contribution >= 4 is 41.0 Å². The lowest BCUT2D eigenvalue weighted by atomic mass is 10.0. The lowest BCUT2D eigenvalue weighted by molar-refractivity contribution is -0.274. The number of aryl methyl sites for hydroxylation is 2. The number of alkyl halides is 3. The maximum atomic E-state index is 11.6. The summed E-state index contributed by atoms with van der Waals surface area (Å²) in [5, 5.41) is 3.98. The molecule has 1 unspecified atom stereocenters. The van der Waals surface area contributed by atoms with E-state index in [-0.39, 0.29) is 21.6 Å². The van der Waals surface area contributed by atoms with Gasteiger partial charge in [0, 0.05) is 5.30 Å². The van der Waals surface area contributed by atoms with Crippen LogP contribution in [0.3, 0.4) is 0 Å². The molecule has 0 aliphatic rings. The molecule has 0 heterocycles. The van der Waals surface area contributed by atoms with Crippen LogP contribution in [0.1, 0.15) is 207 Å². The number of unbranched alkanes of at least 4 members (excludes halogenated alkanes) is 20. The molecule has 0 fully saturated rings. The second kappa shape index (κ2) is 41.1. The molecular formula is C61H96F3O2P3. The molecule has 1 atom stereocenters. The molecule has 8 heteroatoms. The fourth-order valence-electron chi connectivity index (χ4n) is 8.63. The molecule has 0 bridgehead atoms. The van der Waals surface area contributed by atoms with Gasteiger partial charge in [-0.2, -0.15) is 0 Å². The summed E-state index contributed by atoms with van der Waals surface area (Å²) in [5.74, 6) is 1.82. The smallest absolute Gasteiger partial charge is 0.457 e. The third-order valence-corrected chi connectivity index (χ3v) is 18.6. The van der Waals surface area contributed by atoms with Crippen LogP contribution in [0, 0.1) is 0 Å². The van der Waals surface area contributed by atoms with Crippen LogP contribution >= 0.6 is 25.1 Å². The zero-order valence-electron chi connectivity index (χ0n) is 44.4. The van der Waals surface area contributed by atoms with Gasteiger partial charge in [0.2, 0.25) is 0 Å². The summed E-state index contributed by atoms with van der Waals surface area (Å²) >= 11 is 0. The monoisotopic (exact) mass is 1010 g/mol. The third-order valence-electron chi connectivity index (χ3n) is 12.7. The summed E-state index contributed by atoms with van der Waals surface area (Å²) < 4.78 is 44.8. The molecule has 2 nitrogen and oxygen atoms in total. The van der Waals surface area contributed by atoms with Gasteiger partial charge in [0.1, 0.15) is 17.2 Å². The Hall–Kier alpha value is -2.44. The number of halogens is 3. The number of benzene rings is 4. The molecule has 388 valence electrons. The molecule has 0 saturated heterocycles. The van der Waals surface area contributed by atoms with Gasteiger partial charge >= 0.3 is 6.36 Å². The number of hydrogen-bond donors (Lipinski definition) is 0. The summed E-state index contributed by atoms with van der Waals surface area (Å²) in [6.07, 6.45) is 37.1. The highest BCUT2D eigenvalue weighted by Crippen LogP contribution is 2.42. The molecular weight excluding hydrogens is 915 g/mol. The second-order valence-electron chi connectivity index (χ2n) is 18.7. The van der Waals surface area contributed by atoms with Crippen LogP contribution in [0.5, 0.6) is 17.2 Å². The van der Waals surface area contributed by atoms with Gasteiger partial charge in [-0.1, -0.05) is 253 Å². The maximum absolute atomic E-state index is 11.6. The van der Waals surface area contributed by atoms with Gasteiger partial charge in [0.15, 0.2) is 0 Å². The van der Waals surface area contributed by atoms with Crippen LogP contribution in [-0.2, 0) is 12.8 Å². The first-order valence-electron chi connectivity index (χ1n) is 27.6. The van der Waals surface area contributed by atoms with Gasteiger partial charge in [-0.25, -0.2) is 0 Å². The highest BCUT2D eigenvalue weighted by atomic mass is 31.1. The SMILES string of the molecule is CCCCCCCCP(CCCCCCCC)c1ccc(CC)c(CC)c1.CCCCCCCCP(CCCCCCCC)c1ccccc1Oc1ccccc1.FC(F)(F)Oc1ccc(P)cc1. The van der Waals surface area contributed by atoms with Crippen molar-refractivity contribution in [3.05, 3.63) is 108 Å². The van der Waals surface area contributed by atoms with Crippen LogP contribution in [0.15, 0.2) is 97.1 Å². The van der Waals surface area contributed by atoms with E-state index in [2.05, 4.69) is 110 Å². The maximum Gasteiger partial charge on any atom is 0.573 e. The molecule has 69 heavy (non-hydrogen) atoms. The summed E-state index contributed by atoms with van der Waals surface area (Å²) in [5.41, 5.74) is 3.17. The van der Waals surface area contributed by atoms with Crippen molar-refractivity contribution in [1.29, 1.82) is 0 Å². The molecule has 0 aliphatic heterocycles. The molecule has 0 N–H and O–H groups in total. The Bertz CT molecular complexity index is 1750. The van der Waals surface area contributed by atoms with E-state index in [1.165, 1.54) is 221 Å². The fraction of sp³-hybridized carbons (Fsp3) is 0.607. The van der Waals surface area contributed by atoms with E-state index >= 15 is 0 Å². The Labute approximate surface area is 426 Å². The highest BCUT2D eigenvalue weighted by molar-refractivity contribution is 7.66. The Balaban J connectivity index is 0.000000385. The van der Waals surface area contributed by atoms with Gasteiger partial charge < -0.3 is 9.47 Å². The molecule has 0 saturated carbocycles. The lowest BCUT2D eigenvalue weighted by Gasteiger charge is -2.21. The minimum Gasteiger partial charge on any atom is -0.457 e. The Morgan fingerprint density at radius 2 is 0.841 bits per heavy atom. The van der Waals surface area contributed by atoms with Gasteiger partial charge in [0.25, 0.3) is 0 Å². The van der Waals surface area contributed by atoms with E-state index in [1.807, 2.05) is 18.2 Å². The quantitative estimate of drug-likeness (QED) is 0.0338. The summed E-state index contributed by atoms with van der Waals surface area (Å²) in [7, 11) is 2.28. The molecule has 4 aromatic carbocycles. The minimum absolute atomic E-state index is 0.0559. The van der Waals surface area contributed by atoms with Crippen LogP contribution in [0.25, 0.3) is 0 Å². The molecule has 0 amide bonds. The Morgan fingerprint density at radius 3 is 1.29 bits per heavy atom. The highest BCUT2D eigenvalue weighted by Gasteiger charge is 2.31. The van der Waals surface area contributed by atoms with Gasteiger partial charge in [-0.05, 0) is 115 Å². The van der Waals surface area contributed by atoms with Crippen LogP contribution < -0.4 is 25.4 Å². The van der Waals surface area contributed by atoms with E-state index in [9.17, 15) is 13.2 Å². The molecule has 4 aromatic rings. The van der Waals surface area contributed by atoms with Crippen LogP contribution in [-0.4, -0.2) is 31.0 Å². The van der Waals surface area contributed by atoms with Gasteiger partial charge in [-0.3, -0.25) is 0 Å². The van der Waals surface area contributed by atoms with E-state index in [0.29, 0.717) is 0 Å². The zero-order valence-corrected chi connectivity index (χ0v) is 47.3.